The lowest BCUT2D eigenvalue weighted by Gasteiger charge is -2.33. The Labute approximate surface area is 211 Å². The Morgan fingerprint density at radius 1 is 1.09 bits per heavy atom. The van der Waals surface area contributed by atoms with Crippen molar-refractivity contribution in [3.05, 3.63) is 58.6 Å². The highest BCUT2D eigenvalue weighted by atomic mass is 35.5. The summed E-state index contributed by atoms with van der Waals surface area (Å²) in [4.78, 5) is 24.8. The molecule has 1 aliphatic carbocycles. The zero-order chi connectivity index (χ0) is 25.6. The van der Waals surface area contributed by atoms with Crippen LogP contribution in [0.4, 0.5) is 4.79 Å². The zero-order valence-electron chi connectivity index (χ0n) is 20.1. The third-order valence-electron chi connectivity index (χ3n) is 6.31. The second-order valence-electron chi connectivity index (χ2n) is 9.08. The molecule has 0 spiro atoms. The van der Waals surface area contributed by atoms with Crippen LogP contribution in [-0.2, 0) is 16.4 Å². The van der Waals surface area contributed by atoms with Crippen molar-refractivity contribution in [3.8, 4) is 5.75 Å². The van der Waals surface area contributed by atoms with E-state index in [0.717, 1.165) is 24.8 Å². The average Bonchev–Trinajstić information content (AvgIpc) is 2.81. The van der Waals surface area contributed by atoms with E-state index in [0.29, 0.717) is 41.1 Å². The van der Waals surface area contributed by atoms with Crippen molar-refractivity contribution in [3.63, 3.8) is 0 Å². The zero-order valence-corrected chi connectivity index (χ0v) is 21.7. The van der Waals surface area contributed by atoms with E-state index >= 15 is 0 Å². The van der Waals surface area contributed by atoms with E-state index in [2.05, 4.69) is 29.2 Å². The smallest absolute Gasteiger partial charge is 0.328 e. The maximum atomic E-state index is 12.6. The van der Waals surface area contributed by atoms with Crippen molar-refractivity contribution in [1.29, 1.82) is 0 Å². The quantitative estimate of drug-likeness (QED) is 0.483. The lowest BCUT2D eigenvalue weighted by Crippen LogP contribution is -2.48. The number of carbonyl (C=O) groups is 2. The Bertz CT molecular complexity index is 1150. The standard InChI is InChI=1S/C25H32ClN3O5S/c1-16-4-10-22(17(2)14-16)28-25(31)29-35(32,33)20-8-5-18(6-9-20)12-13-27-24(30)21-15-19(26)7-11-23(21)34-3/h5-9,11,15-17,22H,4,10,12-14H2,1-3H3,(H,27,30)(H2,28,29,31). The highest BCUT2D eigenvalue weighted by Crippen LogP contribution is 2.28. The van der Waals surface area contributed by atoms with E-state index in [9.17, 15) is 18.0 Å². The van der Waals surface area contributed by atoms with Crippen LogP contribution in [0.15, 0.2) is 47.4 Å². The summed E-state index contributed by atoms with van der Waals surface area (Å²) in [5, 5.41) is 6.04. The summed E-state index contributed by atoms with van der Waals surface area (Å²) in [6.07, 6.45) is 3.34. The average molecular weight is 522 g/mol. The monoisotopic (exact) mass is 521 g/mol. The molecule has 3 amide bonds. The van der Waals surface area contributed by atoms with Crippen LogP contribution in [-0.4, -0.2) is 40.1 Å². The number of rotatable bonds is 8. The first-order chi connectivity index (χ1) is 16.6. The number of benzene rings is 2. The fourth-order valence-corrected chi connectivity index (χ4v) is 5.45. The minimum absolute atomic E-state index is 0.00517. The number of carbonyl (C=O) groups excluding carboxylic acids is 2. The Morgan fingerprint density at radius 2 is 1.80 bits per heavy atom. The van der Waals surface area contributed by atoms with Crippen molar-refractivity contribution in [2.45, 2.75) is 50.5 Å². The molecule has 35 heavy (non-hydrogen) atoms. The molecule has 3 atom stereocenters. The number of nitrogens with one attached hydrogen (secondary N) is 3. The van der Waals surface area contributed by atoms with E-state index in [4.69, 9.17) is 16.3 Å². The van der Waals surface area contributed by atoms with Gasteiger partial charge in [0.15, 0.2) is 0 Å². The van der Waals surface area contributed by atoms with Gasteiger partial charge in [-0.3, -0.25) is 4.79 Å². The lowest BCUT2D eigenvalue weighted by atomic mass is 9.80. The molecule has 1 fully saturated rings. The molecule has 0 bridgehead atoms. The lowest BCUT2D eigenvalue weighted by molar-refractivity contribution is 0.0951. The molecule has 8 nitrogen and oxygen atoms in total. The molecule has 2 aromatic rings. The Kier molecular flexibility index (Phi) is 9.02. The SMILES string of the molecule is COc1ccc(Cl)cc1C(=O)NCCc1ccc(S(=O)(=O)NC(=O)NC2CCC(C)CC2C)cc1. The molecule has 1 aliphatic rings. The molecule has 0 aromatic heterocycles. The Morgan fingerprint density at radius 3 is 2.46 bits per heavy atom. The Hall–Kier alpha value is -2.78. The molecule has 2 aromatic carbocycles. The van der Waals surface area contributed by atoms with E-state index in [1.165, 1.54) is 25.3 Å². The number of hydrogen-bond acceptors (Lipinski definition) is 5. The first kappa shape index (κ1) is 26.8. The highest BCUT2D eigenvalue weighted by molar-refractivity contribution is 7.90. The van der Waals surface area contributed by atoms with Crippen LogP contribution >= 0.6 is 11.6 Å². The van der Waals surface area contributed by atoms with Gasteiger partial charge in [0.25, 0.3) is 15.9 Å². The predicted molar refractivity (Wildman–Crippen MR) is 135 cm³/mol. The number of hydrogen-bond donors (Lipinski definition) is 3. The third kappa shape index (κ3) is 7.35. The van der Waals surface area contributed by atoms with Crippen molar-refractivity contribution in [2.75, 3.05) is 13.7 Å². The summed E-state index contributed by atoms with van der Waals surface area (Å²) in [6.45, 7) is 4.59. The number of sulfonamides is 1. The van der Waals surface area contributed by atoms with E-state index < -0.39 is 16.1 Å². The summed E-state index contributed by atoms with van der Waals surface area (Å²) in [7, 11) is -2.52. The maximum absolute atomic E-state index is 12.6. The fourth-order valence-electron chi connectivity index (χ4n) is 4.37. The van der Waals surface area contributed by atoms with Gasteiger partial charge < -0.3 is 15.4 Å². The number of ether oxygens (including phenoxy) is 1. The number of methoxy groups -OCH3 is 1. The van der Waals surface area contributed by atoms with Crippen LogP contribution in [0.2, 0.25) is 5.02 Å². The summed E-state index contributed by atoms with van der Waals surface area (Å²) in [5.74, 6) is 1.01. The molecular weight excluding hydrogens is 490 g/mol. The van der Waals surface area contributed by atoms with Crippen molar-refractivity contribution < 1.29 is 22.7 Å². The molecule has 0 aliphatic heterocycles. The van der Waals surface area contributed by atoms with Gasteiger partial charge in [0.2, 0.25) is 0 Å². The summed E-state index contributed by atoms with van der Waals surface area (Å²) in [5.41, 5.74) is 1.17. The molecule has 3 unspecified atom stereocenters. The summed E-state index contributed by atoms with van der Waals surface area (Å²) >= 11 is 5.98. The second-order valence-corrected chi connectivity index (χ2v) is 11.2. The highest BCUT2D eigenvalue weighted by Gasteiger charge is 2.28. The molecule has 3 N–H and O–H groups in total. The molecule has 0 heterocycles. The van der Waals surface area contributed by atoms with Gasteiger partial charge in [-0.15, -0.1) is 0 Å². The van der Waals surface area contributed by atoms with Gasteiger partial charge in [0.05, 0.1) is 17.6 Å². The molecule has 190 valence electrons. The minimum atomic E-state index is -4.00. The molecule has 0 radical (unpaired) electrons. The van der Waals surface area contributed by atoms with E-state index in [1.54, 1.807) is 24.3 Å². The number of halogens is 1. The van der Waals surface area contributed by atoms with Crippen LogP contribution in [0.25, 0.3) is 0 Å². The van der Waals surface area contributed by atoms with Gasteiger partial charge in [-0.05, 0) is 73.4 Å². The van der Waals surface area contributed by atoms with Crippen LogP contribution < -0.4 is 20.1 Å². The van der Waals surface area contributed by atoms with Crippen LogP contribution in [0.3, 0.4) is 0 Å². The summed E-state index contributed by atoms with van der Waals surface area (Å²) in [6, 6.07) is 10.3. The predicted octanol–water partition coefficient (Wildman–Crippen LogP) is 4.13. The fraction of sp³-hybridized carbons (Fsp3) is 0.440. The van der Waals surface area contributed by atoms with E-state index in [-0.39, 0.29) is 16.8 Å². The van der Waals surface area contributed by atoms with Gasteiger partial charge >= 0.3 is 6.03 Å². The topological polar surface area (TPSA) is 114 Å². The molecule has 10 heteroatoms. The van der Waals surface area contributed by atoms with Crippen LogP contribution in [0, 0.1) is 11.8 Å². The van der Waals surface area contributed by atoms with Gasteiger partial charge in [0.1, 0.15) is 5.75 Å². The molecule has 1 saturated carbocycles. The summed E-state index contributed by atoms with van der Waals surface area (Å²) < 4.78 is 32.6. The molecule has 0 saturated heterocycles. The van der Waals surface area contributed by atoms with Crippen molar-refractivity contribution >= 4 is 33.6 Å². The van der Waals surface area contributed by atoms with Gasteiger partial charge in [-0.25, -0.2) is 17.9 Å². The first-order valence-electron chi connectivity index (χ1n) is 11.6. The molecule has 3 rings (SSSR count). The molecular formula is C25H32ClN3O5S. The van der Waals surface area contributed by atoms with Gasteiger partial charge in [-0.1, -0.05) is 37.6 Å². The third-order valence-corrected chi connectivity index (χ3v) is 7.90. The largest absolute Gasteiger partial charge is 0.496 e. The van der Waals surface area contributed by atoms with Gasteiger partial charge in [-0.2, -0.15) is 0 Å². The van der Waals surface area contributed by atoms with Gasteiger partial charge in [0, 0.05) is 17.6 Å². The second kappa shape index (κ2) is 11.8. The van der Waals surface area contributed by atoms with Crippen LogP contribution in [0.1, 0.15) is 49.0 Å². The van der Waals surface area contributed by atoms with Crippen molar-refractivity contribution in [2.24, 2.45) is 11.8 Å². The van der Waals surface area contributed by atoms with Crippen molar-refractivity contribution in [1.82, 2.24) is 15.4 Å². The number of urea groups is 1. The number of amides is 3. The maximum Gasteiger partial charge on any atom is 0.328 e. The Balaban J connectivity index is 1.52. The first-order valence-corrected chi connectivity index (χ1v) is 13.5. The normalized spacial score (nSPS) is 20.1. The minimum Gasteiger partial charge on any atom is -0.496 e. The van der Waals surface area contributed by atoms with E-state index in [1.807, 2.05) is 0 Å². The van der Waals surface area contributed by atoms with Crippen LogP contribution in [0.5, 0.6) is 5.75 Å².